The first-order valence-corrected chi connectivity index (χ1v) is 8.72. The van der Waals surface area contributed by atoms with Gasteiger partial charge in [-0.3, -0.25) is 0 Å². The highest BCUT2D eigenvalue weighted by Gasteiger charge is 2.09. The van der Waals surface area contributed by atoms with Gasteiger partial charge in [0.2, 0.25) is 0 Å². The van der Waals surface area contributed by atoms with E-state index in [0.29, 0.717) is 17.2 Å². The zero-order chi connectivity index (χ0) is 18.5. The topological polar surface area (TPSA) is 46.5 Å². The maximum absolute atomic E-state index is 12.3. The fraction of sp³-hybridized carbons (Fsp3) is 0.174. The van der Waals surface area contributed by atoms with Gasteiger partial charge in [0, 0.05) is 0 Å². The van der Waals surface area contributed by atoms with Gasteiger partial charge in [-0.25, -0.2) is 4.79 Å². The quantitative estimate of drug-likeness (QED) is 0.492. The van der Waals surface area contributed by atoms with E-state index in [4.69, 9.17) is 4.74 Å². The normalized spacial score (nSPS) is 10.7. The molecule has 1 N–H and O–H groups in total. The second-order valence-electron chi connectivity index (χ2n) is 6.76. The lowest BCUT2D eigenvalue weighted by atomic mass is 10.0. The first-order valence-electron chi connectivity index (χ1n) is 8.72. The number of carbonyl (C=O) groups excluding carboxylic acids is 1. The van der Waals surface area contributed by atoms with Crippen molar-refractivity contribution in [3.05, 3.63) is 83.9 Å². The minimum atomic E-state index is -0.376. The monoisotopic (exact) mass is 346 g/mol. The van der Waals surface area contributed by atoms with Crippen molar-refractivity contribution in [1.82, 2.24) is 0 Å². The Hall–Kier alpha value is -3.07. The van der Waals surface area contributed by atoms with Crippen LogP contribution in [0.15, 0.2) is 72.8 Å². The average Bonchev–Trinajstić information content (AvgIpc) is 2.64. The van der Waals surface area contributed by atoms with E-state index in [1.807, 2.05) is 48.5 Å². The molecule has 3 rings (SSSR count). The predicted octanol–water partition coefficient (Wildman–Crippen LogP) is 5.48. The van der Waals surface area contributed by atoms with Crippen molar-refractivity contribution in [3.63, 3.8) is 0 Å². The Morgan fingerprint density at radius 1 is 0.846 bits per heavy atom. The van der Waals surface area contributed by atoms with Gasteiger partial charge in [0.25, 0.3) is 0 Å². The number of benzene rings is 3. The minimum absolute atomic E-state index is 0.230. The number of hydrogen-bond donors (Lipinski definition) is 1. The zero-order valence-electron chi connectivity index (χ0n) is 15.0. The smallest absolute Gasteiger partial charge is 0.343 e. The summed E-state index contributed by atoms with van der Waals surface area (Å²) < 4.78 is 5.45. The van der Waals surface area contributed by atoms with E-state index in [9.17, 15) is 9.90 Å². The highest BCUT2D eigenvalue weighted by atomic mass is 16.5. The van der Waals surface area contributed by atoms with Gasteiger partial charge in [0.1, 0.15) is 11.5 Å². The number of hydrogen-bond acceptors (Lipinski definition) is 3. The van der Waals surface area contributed by atoms with Crippen LogP contribution >= 0.6 is 0 Å². The number of ether oxygens (including phenoxy) is 1. The second-order valence-corrected chi connectivity index (χ2v) is 6.76. The van der Waals surface area contributed by atoms with Gasteiger partial charge in [-0.05, 0) is 65.4 Å². The fourth-order valence-corrected chi connectivity index (χ4v) is 2.78. The summed E-state index contributed by atoms with van der Waals surface area (Å²) in [6.45, 7) is 4.35. The molecule has 0 aliphatic heterocycles. The second kappa shape index (κ2) is 7.87. The molecule has 0 atom stereocenters. The summed E-state index contributed by atoms with van der Waals surface area (Å²) in [7, 11) is 0. The van der Waals surface area contributed by atoms with Crippen molar-refractivity contribution in [3.8, 4) is 22.6 Å². The first-order chi connectivity index (χ1) is 12.5. The van der Waals surface area contributed by atoms with Crippen LogP contribution in [0.1, 0.15) is 29.8 Å². The van der Waals surface area contributed by atoms with Crippen LogP contribution in [-0.4, -0.2) is 11.1 Å². The highest BCUT2D eigenvalue weighted by Crippen LogP contribution is 2.23. The largest absolute Gasteiger partial charge is 0.508 e. The van der Waals surface area contributed by atoms with E-state index in [0.717, 1.165) is 17.5 Å². The first kappa shape index (κ1) is 17.7. The standard InChI is InChI=1S/C23H22O3/c1-16(2)15-17-3-13-22(14-4-17)26-23(25)20-7-5-18(6-8-20)19-9-11-21(24)12-10-19/h3-14,16,24H,15H2,1-2H3. The Morgan fingerprint density at radius 3 is 1.92 bits per heavy atom. The molecular formula is C23H22O3. The lowest BCUT2D eigenvalue weighted by Gasteiger charge is -2.08. The number of phenolic OH excluding ortho intramolecular Hbond substituents is 1. The molecular weight excluding hydrogens is 324 g/mol. The molecule has 0 spiro atoms. The van der Waals surface area contributed by atoms with Crippen LogP contribution in [-0.2, 0) is 6.42 Å². The van der Waals surface area contributed by atoms with Gasteiger partial charge in [0.15, 0.2) is 0 Å². The molecule has 3 nitrogen and oxygen atoms in total. The summed E-state index contributed by atoms with van der Waals surface area (Å²) in [5.41, 5.74) is 3.68. The molecule has 0 radical (unpaired) electrons. The van der Waals surface area contributed by atoms with Crippen molar-refractivity contribution < 1.29 is 14.6 Å². The Balaban J connectivity index is 1.67. The molecule has 26 heavy (non-hydrogen) atoms. The van der Waals surface area contributed by atoms with Crippen LogP contribution in [0.2, 0.25) is 0 Å². The van der Waals surface area contributed by atoms with Gasteiger partial charge < -0.3 is 9.84 Å². The Bertz CT molecular complexity index is 861. The third-order valence-electron chi connectivity index (χ3n) is 4.10. The molecule has 0 aliphatic carbocycles. The highest BCUT2D eigenvalue weighted by molar-refractivity contribution is 5.91. The van der Waals surface area contributed by atoms with Crippen LogP contribution in [0.4, 0.5) is 0 Å². The van der Waals surface area contributed by atoms with E-state index in [1.54, 1.807) is 24.3 Å². The maximum Gasteiger partial charge on any atom is 0.343 e. The van der Waals surface area contributed by atoms with Crippen molar-refractivity contribution >= 4 is 5.97 Å². The van der Waals surface area contributed by atoms with E-state index < -0.39 is 0 Å². The van der Waals surface area contributed by atoms with Gasteiger partial charge in [-0.2, -0.15) is 0 Å². The summed E-state index contributed by atoms with van der Waals surface area (Å²) in [6, 6.07) is 21.8. The molecule has 0 unspecified atom stereocenters. The van der Waals surface area contributed by atoms with Crippen molar-refractivity contribution in [2.75, 3.05) is 0 Å². The van der Waals surface area contributed by atoms with Crippen LogP contribution < -0.4 is 4.74 Å². The maximum atomic E-state index is 12.3. The molecule has 3 aromatic rings. The molecule has 0 aliphatic rings. The molecule has 0 fully saturated rings. The van der Waals surface area contributed by atoms with Crippen LogP contribution in [0.25, 0.3) is 11.1 Å². The molecule has 0 heterocycles. The van der Waals surface area contributed by atoms with Gasteiger partial charge in [-0.15, -0.1) is 0 Å². The summed E-state index contributed by atoms with van der Waals surface area (Å²) >= 11 is 0. The zero-order valence-corrected chi connectivity index (χ0v) is 15.0. The number of rotatable bonds is 5. The Morgan fingerprint density at radius 2 is 1.38 bits per heavy atom. The van der Waals surface area contributed by atoms with Crippen molar-refractivity contribution in [2.24, 2.45) is 5.92 Å². The molecule has 0 aromatic heterocycles. The van der Waals surface area contributed by atoms with Gasteiger partial charge in [-0.1, -0.05) is 50.2 Å². The number of phenols is 1. The third-order valence-corrected chi connectivity index (χ3v) is 4.10. The van der Waals surface area contributed by atoms with Crippen LogP contribution in [0.3, 0.4) is 0 Å². The lowest BCUT2D eigenvalue weighted by Crippen LogP contribution is -2.08. The van der Waals surface area contributed by atoms with Crippen LogP contribution in [0, 0.1) is 5.92 Å². The number of aromatic hydroxyl groups is 1. The summed E-state index contributed by atoms with van der Waals surface area (Å²) in [4.78, 5) is 12.3. The Kier molecular flexibility index (Phi) is 5.37. The van der Waals surface area contributed by atoms with E-state index >= 15 is 0 Å². The molecule has 0 saturated heterocycles. The molecule has 0 saturated carbocycles. The van der Waals surface area contributed by atoms with Crippen LogP contribution in [0.5, 0.6) is 11.5 Å². The predicted molar refractivity (Wildman–Crippen MR) is 103 cm³/mol. The van der Waals surface area contributed by atoms with E-state index in [-0.39, 0.29) is 11.7 Å². The van der Waals surface area contributed by atoms with Crippen molar-refractivity contribution in [2.45, 2.75) is 20.3 Å². The van der Waals surface area contributed by atoms with E-state index in [1.165, 1.54) is 5.56 Å². The molecule has 3 heteroatoms. The Labute approximate surface area is 153 Å². The van der Waals surface area contributed by atoms with Gasteiger partial charge in [0.05, 0.1) is 5.56 Å². The SMILES string of the molecule is CC(C)Cc1ccc(OC(=O)c2ccc(-c3ccc(O)cc3)cc2)cc1. The van der Waals surface area contributed by atoms with Crippen molar-refractivity contribution in [1.29, 1.82) is 0 Å². The number of esters is 1. The third kappa shape index (κ3) is 4.51. The minimum Gasteiger partial charge on any atom is -0.508 e. The summed E-state index contributed by atoms with van der Waals surface area (Å²) in [5, 5.41) is 9.36. The molecule has 132 valence electrons. The average molecular weight is 346 g/mol. The molecule has 0 bridgehead atoms. The molecule has 3 aromatic carbocycles. The summed E-state index contributed by atoms with van der Waals surface area (Å²) in [6.07, 6.45) is 1.01. The van der Waals surface area contributed by atoms with E-state index in [2.05, 4.69) is 13.8 Å². The lowest BCUT2D eigenvalue weighted by molar-refractivity contribution is 0.0734. The van der Waals surface area contributed by atoms with Gasteiger partial charge >= 0.3 is 5.97 Å². The molecule has 0 amide bonds. The number of carbonyl (C=O) groups is 1. The summed E-state index contributed by atoms with van der Waals surface area (Å²) in [5.74, 6) is 0.993. The fourth-order valence-electron chi connectivity index (χ4n) is 2.78.